The Morgan fingerprint density at radius 3 is 2.42 bits per heavy atom. The number of aryl methyl sites for hydroxylation is 1. The van der Waals surface area contributed by atoms with Crippen molar-refractivity contribution in [3.63, 3.8) is 0 Å². The van der Waals surface area contributed by atoms with Crippen LogP contribution in [-0.4, -0.2) is 34.1 Å². The summed E-state index contributed by atoms with van der Waals surface area (Å²) in [5.41, 5.74) is 4.11. The van der Waals surface area contributed by atoms with Gasteiger partial charge in [-0.1, -0.05) is 49.0 Å². The number of hydrogen-bond acceptors (Lipinski definition) is 5. The van der Waals surface area contributed by atoms with Crippen LogP contribution in [0.15, 0.2) is 73.1 Å². The first-order valence-electron chi connectivity index (χ1n) is 12.7. The Hall–Kier alpha value is -3.74. The second kappa shape index (κ2) is 9.72. The molecule has 36 heavy (non-hydrogen) atoms. The van der Waals surface area contributed by atoms with Gasteiger partial charge in [-0.25, -0.2) is 4.79 Å². The molecular formula is C29H34N4O3. The lowest BCUT2D eigenvalue weighted by molar-refractivity contribution is 0.121. The van der Waals surface area contributed by atoms with Crippen molar-refractivity contribution in [3.05, 3.63) is 89.8 Å². The van der Waals surface area contributed by atoms with Gasteiger partial charge in [0.05, 0.1) is 17.4 Å². The first-order valence-corrected chi connectivity index (χ1v) is 12.7. The van der Waals surface area contributed by atoms with Gasteiger partial charge in [0.2, 0.25) is 0 Å². The first kappa shape index (κ1) is 24.0. The van der Waals surface area contributed by atoms with Crippen molar-refractivity contribution in [2.75, 3.05) is 23.3 Å². The highest BCUT2D eigenvalue weighted by molar-refractivity contribution is 5.84. The molecule has 2 aromatic carbocycles. The molecule has 0 spiro atoms. The van der Waals surface area contributed by atoms with Crippen molar-refractivity contribution in [2.45, 2.75) is 50.0 Å². The van der Waals surface area contributed by atoms with Crippen molar-refractivity contribution in [3.8, 4) is 0 Å². The summed E-state index contributed by atoms with van der Waals surface area (Å²) in [6.07, 6.45) is 4.91. The second-order valence-electron chi connectivity index (χ2n) is 9.99. The third-order valence-electron chi connectivity index (χ3n) is 7.76. The molecule has 0 bridgehead atoms. The molecule has 1 aliphatic carbocycles. The zero-order valence-electron chi connectivity index (χ0n) is 21.0. The summed E-state index contributed by atoms with van der Waals surface area (Å²) >= 11 is 0. The van der Waals surface area contributed by atoms with Gasteiger partial charge in [-0.3, -0.25) is 10.00 Å². The van der Waals surface area contributed by atoms with E-state index in [1.165, 1.54) is 5.69 Å². The zero-order chi connectivity index (χ0) is 25.3. The van der Waals surface area contributed by atoms with Gasteiger partial charge >= 0.3 is 6.09 Å². The number of carbonyl (C=O) groups excluding carboxylic acids is 1. The van der Waals surface area contributed by atoms with Crippen LogP contribution in [-0.2, 0) is 17.2 Å². The summed E-state index contributed by atoms with van der Waals surface area (Å²) in [5.74, 6) is 1.28. The molecule has 5 rings (SSSR count). The van der Waals surface area contributed by atoms with E-state index in [9.17, 15) is 9.90 Å². The molecule has 2 aliphatic rings. The molecule has 2 heterocycles. The zero-order valence-corrected chi connectivity index (χ0v) is 21.0. The van der Waals surface area contributed by atoms with Crippen LogP contribution in [0.4, 0.5) is 16.3 Å². The van der Waals surface area contributed by atoms with Gasteiger partial charge in [-0.15, -0.1) is 0 Å². The third kappa shape index (κ3) is 4.70. The highest BCUT2D eigenvalue weighted by Crippen LogP contribution is 2.52. The fraction of sp³-hybridized carbons (Fsp3) is 0.379. The summed E-state index contributed by atoms with van der Waals surface area (Å²) in [7, 11) is 1.84. The highest BCUT2D eigenvalue weighted by atomic mass is 16.6. The van der Waals surface area contributed by atoms with Gasteiger partial charge < -0.3 is 14.7 Å². The Kier molecular flexibility index (Phi) is 6.48. The van der Waals surface area contributed by atoms with E-state index in [4.69, 9.17) is 4.74 Å². The van der Waals surface area contributed by atoms with E-state index in [0.717, 1.165) is 55.5 Å². The van der Waals surface area contributed by atoms with Crippen LogP contribution in [0.3, 0.4) is 0 Å². The lowest BCUT2D eigenvalue weighted by atomic mass is 9.90. The number of carbonyl (C=O) groups is 1. The maximum absolute atomic E-state index is 12.7. The van der Waals surface area contributed by atoms with Gasteiger partial charge in [0.25, 0.3) is 0 Å². The van der Waals surface area contributed by atoms with E-state index >= 15 is 0 Å². The lowest BCUT2D eigenvalue weighted by Crippen LogP contribution is -2.33. The minimum atomic E-state index is -0.479. The Balaban J connectivity index is 1.20. The average Bonchev–Trinajstić information content (AvgIpc) is 3.64. The average molecular weight is 487 g/mol. The van der Waals surface area contributed by atoms with Crippen molar-refractivity contribution in [1.29, 1.82) is 0 Å². The molecule has 1 saturated carbocycles. The van der Waals surface area contributed by atoms with Gasteiger partial charge in [0.15, 0.2) is 0 Å². The van der Waals surface area contributed by atoms with E-state index in [0.29, 0.717) is 11.7 Å². The maximum Gasteiger partial charge on any atom is 0.413 e. The number of aliphatic hydroxyl groups is 1. The number of nitrogens with one attached hydrogen (secondary N) is 1. The number of piperidine rings is 1. The number of ether oxygens (including phenoxy) is 1. The number of aromatic nitrogens is 2. The number of hydrogen-bond donors (Lipinski definition) is 2. The molecule has 1 atom stereocenters. The summed E-state index contributed by atoms with van der Waals surface area (Å²) in [4.78, 5) is 15.1. The minimum Gasteiger partial charge on any atom is -0.512 e. The molecule has 1 saturated heterocycles. The first-order chi connectivity index (χ1) is 17.4. The summed E-state index contributed by atoms with van der Waals surface area (Å²) < 4.78 is 7.32. The molecule has 1 aromatic heterocycles. The number of aliphatic hydroxyl groups excluding tert-OH is 1. The van der Waals surface area contributed by atoms with Crippen LogP contribution < -0.4 is 10.2 Å². The largest absolute Gasteiger partial charge is 0.512 e. The number of nitrogens with zero attached hydrogens (tertiary/aromatic N) is 3. The summed E-state index contributed by atoms with van der Waals surface area (Å²) in [6.45, 7) is 7.49. The van der Waals surface area contributed by atoms with E-state index < -0.39 is 6.09 Å². The predicted octanol–water partition coefficient (Wildman–Crippen LogP) is 6.22. The van der Waals surface area contributed by atoms with Gasteiger partial charge in [0, 0.05) is 31.4 Å². The van der Waals surface area contributed by atoms with Crippen LogP contribution in [0, 0.1) is 0 Å². The van der Waals surface area contributed by atoms with Crippen LogP contribution in [0.5, 0.6) is 0 Å². The molecule has 1 aliphatic heterocycles. The molecule has 1 amide bonds. The molecule has 0 unspecified atom stereocenters. The Morgan fingerprint density at radius 1 is 1.14 bits per heavy atom. The minimum absolute atomic E-state index is 0.227. The molecule has 0 radical (unpaired) electrons. The molecule has 7 nitrogen and oxygen atoms in total. The standard InChI is InChI=1S/C29H34N4O3/c1-20(22-7-5-4-6-8-22)36-28(35)31-27-26(19-30-32(27)3)23-13-17-33(18-14-23)25-11-9-24(10-12-25)29(15-16-29)21(2)34/h4-12,19-20,23,34H,2,13-18H2,1,3H3,(H,31,35)/t20-/m1/s1. The van der Waals surface area contributed by atoms with Crippen LogP contribution >= 0.6 is 0 Å². The van der Waals surface area contributed by atoms with Crippen LogP contribution in [0.25, 0.3) is 0 Å². The predicted molar refractivity (Wildman–Crippen MR) is 141 cm³/mol. The Morgan fingerprint density at radius 2 is 1.81 bits per heavy atom. The number of amides is 1. The van der Waals surface area contributed by atoms with Crippen molar-refractivity contribution in [2.24, 2.45) is 7.05 Å². The molecule has 3 aromatic rings. The van der Waals surface area contributed by atoms with Crippen LogP contribution in [0.1, 0.15) is 61.3 Å². The molecule has 188 valence electrons. The molecule has 7 heteroatoms. The van der Waals surface area contributed by atoms with Gasteiger partial charge in [0.1, 0.15) is 11.9 Å². The maximum atomic E-state index is 12.7. The van der Waals surface area contributed by atoms with Crippen molar-refractivity contribution < 1.29 is 14.6 Å². The van der Waals surface area contributed by atoms with Gasteiger partial charge in [-0.2, -0.15) is 5.10 Å². The van der Waals surface area contributed by atoms with E-state index in [2.05, 4.69) is 46.2 Å². The molecule has 2 N–H and O–H groups in total. The highest BCUT2D eigenvalue weighted by Gasteiger charge is 2.47. The van der Waals surface area contributed by atoms with Crippen molar-refractivity contribution >= 4 is 17.6 Å². The number of benzene rings is 2. The number of allylic oxidation sites excluding steroid dienone is 1. The molecule has 2 fully saturated rings. The number of rotatable bonds is 7. The SMILES string of the molecule is C=C(O)C1(c2ccc(N3CCC(c4cnn(C)c4NC(=O)O[C@H](C)c4ccccc4)CC3)cc2)CC1. The molecular weight excluding hydrogens is 452 g/mol. The number of anilines is 2. The summed E-state index contributed by atoms with van der Waals surface area (Å²) in [6, 6.07) is 18.3. The smallest absolute Gasteiger partial charge is 0.413 e. The fourth-order valence-corrected chi connectivity index (χ4v) is 5.29. The van der Waals surface area contributed by atoms with E-state index in [1.54, 1.807) is 4.68 Å². The Bertz CT molecular complexity index is 1220. The van der Waals surface area contributed by atoms with Crippen molar-refractivity contribution in [1.82, 2.24) is 9.78 Å². The topological polar surface area (TPSA) is 79.6 Å². The second-order valence-corrected chi connectivity index (χ2v) is 9.99. The summed E-state index contributed by atoms with van der Waals surface area (Å²) in [5, 5.41) is 17.3. The third-order valence-corrected chi connectivity index (χ3v) is 7.76. The van der Waals surface area contributed by atoms with E-state index in [1.807, 2.05) is 50.5 Å². The van der Waals surface area contributed by atoms with Gasteiger partial charge in [-0.05, 0) is 61.8 Å². The normalized spacial score (nSPS) is 17.9. The monoisotopic (exact) mass is 486 g/mol. The fourth-order valence-electron chi connectivity index (χ4n) is 5.29. The quantitative estimate of drug-likeness (QED) is 0.388. The lowest BCUT2D eigenvalue weighted by Gasteiger charge is -2.34. The van der Waals surface area contributed by atoms with E-state index in [-0.39, 0.29) is 17.3 Å². The van der Waals surface area contributed by atoms with Crippen LogP contribution in [0.2, 0.25) is 0 Å². The Labute approximate surface area is 212 Å².